The van der Waals surface area contributed by atoms with E-state index >= 15 is 0 Å². The molecule has 0 N–H and O–H groups in total. The third-order valence-corrected chi connectivity index (χ3v) is 5.75. The maximum atomic E-state index is 12.3. The number of anilines is 2. The van der Waals surface area contributed by atoms with Gasteiger partial charge in [0.1, 0.15) is 17.7 Å². The second-order valence-electron chi connectivity index (χ2n) is 8.31. The van der Waals surface area contributed by atoms with Crippen molar-refractivity contribution in [2.45, 2.75) is 32.8 Å². The molecule has 3 heterocycles. The summed E-state index contributed by atoms with van der Waals surface area (Å²) >= 11 is 3.69. The van der Waals surface area contributed by atoms with Gasteiger partial charge in [0.15, 0.2) is 0 Å². The molecule has 28 heavy (non-hydrogen) atoms. The summed E-state index contributed by atoms with van der Waals surface area (Å²) in [5.74, 6) is 0.933. The molecule has 8 heteroatoms. The largest absolute Gasteiger partial charge is 0.444 e. The average molecular weight is 448 g/mol. The van der Waals surface area contributed by atoms with Gasteiger partial charge in [-0.15, -0.1) is 0 Å². The summed E-state index contributed by atoms with van der Waals surface area (Å²) in [7, 11) is 0. The van der Waals surface area contributed by atoms with Crippen molar-refractivity contribution in [3.05, 3.63) is 22.9 Å². The Bertz CT molecular complexity index is 886. The molecule has 2 aliphatic heterocycles. The standard InChI is InChI=1S/C20H26BrN5O2/c1-20(2,3)28-19(27)26-9-7-25(8-10-26)18-14-11-17(24-5-4-6-24)15(21)12-16(14)22-13-23-18/h11-13H,4-10H2,1-3H3. The number of ether oxygens (including phenoxy) is 1. The van der Waals surface area contributed by atoms with Gasteiger partial charge < -0.3 is 19.4 Å². The molecular formula is C20H26BrN5O2. The molecule has 1 aromatic heterocycles. The number of benzene rings is 1. The summed E-state index contributed by atoms with van der Waals surface area (Å²) in [6.07, 6.45) is 2.60. The fraction of sp³-hybridized carbons (Fsp3) is 0.550. The molecule has 4 rings (SSSR count). The normalized spacial score (nSPS) is 17.6. The van der Waals surface area contributed by atoms with E-state index in [9.17, 15) is 4.79 Å². The van der Waals surface area contributed by atoms with E-state index < -0.39 is 5.60 Å². The van der Waals surface area contributed by atoms with Crippen molar-refractivity contribution in [1.29, 1.82) is 0 Å². The Hall–Kier alpha value is -2.09. The highest BCUT2D eigenvalue weighted by Gasteiger charge is 2.27. The third kappa shape index (κ3) is 3.87. The fourth-order valence-corrected chi connectivity index (χ4v) is 4.11. The van der Waals surface area contributed by atoms with E-state index in [0.717, 1.165) is 47.4 Å². The quantitative estimate of drug-likeness (QED) is 0.699. The first-order valence-electron chi connectivity index (χ1n) is 9.74. The van der Waals surface area contributed by atoms with Crippen LogP contribution in [0.15, 0.2) is 22.9 Å². The zero-order valence-electron chi connectivity index (χ0n) is 16.6. The lowest BCUT2D eigenvalue weighted by Crippen LogP contribution is -2.50. The van der Waals surface area contributed by atoms with Gasteiger partial charge in [-0.25, -0.2) is 14.8 Å². The predicted molar refractivity (Wildman–Crippen MR) is 114 cm³/mol. The Kier molecular flexibility index (Phi) is 5.07. The number of aromatic nitrogens is 2. The highest BCUT2D eigenvalue weighted by atomic mass is 79.9. The molecule has 2 fully saturated rings. The van der Waals surface area contributed by atoms with E-state index in [1.54, 1.807) is 11.2 Å². The molecular weight excluding hydrogens is 422 g/mol. The monoisotopic (exact) mass is 447 g/mol. The molecule has 0 unspecified atom stereocenters. The number of hydrogen-bond donors (Lipinski definition) is 0. The molecule has 0 spiro atoms. The highest BCUT2D eigenvalue weighted by molar-refractivity contribution is 9.10. The minimum atomic E-state index is -0.474. The summed E-state index contributed by atoms with van der Waals surface area (Å²) < 4.78 is 6.56. The summed E-state index contributed by atoms with van der Waals surface area (Å²) in [5, 5.41) is 1.05. The first-order chi connectivity index (χ1) is 13.3. The van der Waals surface area contributed by atoms with Crippen LogP contribution >= 0.6 is 15.9 Å². The maximum absolute atomic E-state index is 12.3. The van der Waals surface area contributed by atoms with Crippen LogP contribution in [0.5, 0.6) is 0 Å². The fourth-order valence-electron chi connectivity index (χ4n) is 3.53. The van der Waals surface area contributed by atoms with Gasteiger partial charge in [-0.05, 0) is 55.3 Å². The van der Waals surface area contributed by atoms with Crippen LogP contribution in [0.3, 0.4) is 0 Å². The maximum Gasteiger partial charge on any atom is 0.410 e. The summed E-state index contributed by atoms with van der Waals surface area (Å²) in [6, 6.07) is 4.26. The van der Waals surface area contributed by atoms with E-state index in [1.165, 1.54) is 12.1 Å². The minimum absolute atomic E-state index is 0.247. The van der Waals surface area contributed by atoms with Gasteiger partial charge >= 0.3 is 6.09 Å². The second kappa shape index (κ2) is 7.39. The first-order valence-corrected chi connectivity index (χ1v) is 10.5. The molecule has 150 valence electrons. The van der Waals surface area contributed by atoms with Crippen molar-refractivity contribution in [1.82, 2.24) is 14.9 Å². The number of piperazine rings is 1. The number of carbonyl (C=O) groups excluding carboxylic acids is 1. The number of fused-ring (bicyclic) bond motifs is 1. The first kappa shape index (κ1) is 19.2. The molecule has 2 aromatic rings. The smallest absolute Gasteiger partial charge is 0.410 e. The Balaban J connectivity index is 1.54. The lowest BCUT2D eigenvalue weighted by molar-refractivity contribution is 0.0240. The molecule has 0 bridgehead atoms. The zero-order valence-corrected chi connectivity index (χ0v) is 18.2. The predicted octanol–water partition coefficient (Wildman–Crippen LogP) is 3.66. The van der Waals surface area contributed by atoms with Crippen LogP contribution in [0.1, 0.15) is 27.2 Å². The second-order valence-corrected chi connectivity index (χ2v) is 9.17. The number of carbonyl (C=O) groups is 1. The van der Waals surface area contributed by atoms with Crippen molar-refractivity contribution < 1.29 is 9.53 Å². The summed E-state index contributed by atoms with van der Waals surface area (Å²) in [5.41, 5.74) is 1.65. The van der Waals surface area contributed by atoms with Gasteiger partial charge in [-0.2, -0.15) is 0 Å². The summed E-state index contributed by atoms with van der Waals surface area (Å²) in [4.78, 5) is 27.7. The zero-order chi connectivity index (χ0) is 19.9. The van der Waals surface area contributed by atoms with Gasteiger partial charge in [0.05, 0.1) is 11.2 Å². The van der Waals surface area contributed by atoms with Crippen LogP contribution < -0.4 is 9.80 Å². The van der Waals surface area contributed by atoms with Crippen LogP contribution in [-0.2, 0) is 4.74 Å². The van der Waals surface area contributed by atoms with Gasteiger partial charge in [-0.3, -0.25) is 0 Å². The van der Waals surface area contributed by atoms with Crippen molar-refractivity contribution in [3.63, 3.8) is 0 Å². The number of halogens is 1. The Morgan fingerprint density at radius 1 is 1.04 bits per heavy atom. The average Bonchev–Trinajstić information content (AvgIpc) is 2.59. The van der Waals surface area contributed by atoms with Gasteiger partial charge in [0.25, 0.3) is 0 Å². The molecule has 2 saturated heterocycles. The molecule has 1 aromatic carbocycles. The molecule has 1 amide bonds. The van der Waals surface area contributed by atoms with E-state index in [4.69, 9.17) is 4.74 Å². The van der Waals surface area contributed by atoms with Crippen LogP contribution in [0.25, 0.3) is 10.9 Å². The lowest BCUT2D eigenvalue weighted by atomic mass is 10.1. The van der Waals surface area contributed by atoms with Crippen molar-refractivity contribution in [3.8, 4) is 0 Å². The molecule has 2 aliphatic rings. The van der Waals surface area contributed by atoms with E-state index in [0.29, 0.717) is 13.1 Å². The molecule has 0 radical (unpaired) electrons. The van der Waals surface area contributed by atoms with Gasteiger partial charge in [-0.1, -0.05) is 0 Å². The number of rotatable bonds is 2. The number of nitrogens with zero attached hydrogens (tertiary/aromatic N) is 5. The van der Waals surface area contributed by atoms with Crippen LogP contribution in [-0.4, -0.2) is 65.8 Å². The SMILES string of the molecule is CC(C)(C)OC(=O)N1CCN(c2ncnc3cc(Br)c(N4CCC4)cc23)CC1. The minimum Gasteiger partial charge on any atom is -0.444 e. The molecule has 0 saturated carbocycles. The van der Waals surface area contributed by atoms with E-state index in [-0.39, 0.29) is 6.09 Å². The van der Waals surface area contributed by atoms with Gasteiger partial charge in [0, 0.05) is 49.1 Å². The highest BCUT2D eigenvalue weighted by Crippen LogP contribution is 2.36. The van der Waals surface area contributed by atoms with E-state index in [1.807, 2.05) is 20.8 Å². The Morgan fingerprint density at radius 2 is 1.75 bits per heavy atom. The van der Waals surface area contributed by atoms with Crippen LogP contribution in [0.4, 0.5) is 16.3 Å². The lowest BCUT2D eigenvalue weighted by Gasteiger charge is -2.37. The number of amides is 1. The molecule has 7 nitrogen and oxygen atoms in total. The summed E-state index contributed by atoms with van der Waals surface area (Å²) in [6.45, 7) is 10.5. The van der Waals surface area contributed by atoms with Crippen molar-refractivity contribution in [2.24, 2.45) is 0 Å². The topological polar surface area (TPSA) is 61.8 Å². The molecule has 0 aliphatic carbocycles. The Labute approximate surface area is 173 Å². The van der Waals surface area contributed by atoms with Crippen LogP contribution in [0, 0.1) is 0 Å². The van der Waals surface area contributed by atoms with Crippen molar-refractivity contribution in [2.75, 3.05) is 49.1 Å². The molecule has 0 atom stereocenters. The van der Waals surface area contributed by atoms with Crippen molar-refractivity contribution >= 4 is 44.4 Å². The number of hydrogen-bond acceptors (Lipinski definition) is 6. The Morgan fingerprint density at radius 3 is 2.36 bits per heavy atom. The van der Waals surface area contributed by atoms with Gasteiger partial charge in [0.2, 0.25) is 0 Å². The van der Waals surface area contributed by atoms with Crippen LogP contribution in [0.2, 0.25) is 0 Å². The third-order valence-electron chi connectivity index (χ3n) is 5.11. The van der Waals surface area contributed by atoms with E-state index in [2.05, 4.69) is 47.8 Å².